The summed E-state index contributed by atoms with van der Waals surface area (Å²) in [6.07, 6.45) is 1.49. The van der Waals surface area contributed by atoms with Crippen LogP contribution in [-0.4, -0.2) is 16.1 Å². The second kappa shape index (κ2) is 5.20. The highest BCUT2D eigenvalue weighted by Gasteiger charge is 2.15. The monoisotopic (exact) mass is 283 g/mol. The lowest BCUT2D eigenvalue weighted by atomic mass is 10.1. The van der Waals surface area contributed by atoms with E-state index in [0.29, 0.717) is 16.9 Å². The maximum atomic E-state index is 12.9. The number of hydrogen-bond donors (Lipinski definition) is 1. The molecule has 21 heavy (non-hydrogen) atoms. The molecule has 1 N–H and O–H groups in total. The van der Waals surface area contributed by atoms with Gasteiger partial charge < -0.3 is 9.52 Å². The normalized spacial score (nSPS) is 10.5. The number of carboxylic acids is 1. The number of halogens is 1. The molecule has 2 aromatic carbocycles. The van der Waals surface area contributed by atoms with Crippen LogP contribution in [0, 0.1) is 5.82 Å². The van der Waals surface area contributed by atoms with Crippen LogP contribution in [0.15, 0.2) is 59.1 Å². The van der Waals surface area contributed by atoms with Crippen LogP contribution < -0.4 is 0 Å². The predicted molar refractivity (Wildman–Crippen MR) is 74.3 cm³/mol. The van der Waals surface area contributed by atoms with E-state index < -0.39 is 5.97 Å². The highest BCUT2D eigenvalue weighted by Crippen LogP contribution is 2.28. The lowest BCUT2D eigenvalue weighted by Gasteiger charge is -2.01. The van der Waals surface area contributed by atoms with E-state index in [4.69, 9.17) is 4.42 Å². The average molecular weight is 283 g/mol. The van der Waals surface area contributed by atoms with Gasteiger partial charge in [0.15, 0.2) is 5.76 Å². The summed E-state index contributed by atoms with van der Waals surface area (Å²) in [4.78, 5) is 15.3. The van der Waals surface area contributed by atoms with Crippen molar-refractivity contribution in [1.82, 2.24) is 4.98 Å². The summed E-state index contributed by atoms with van der Waals surface area (Å²) < 4.78 is 18.5. The number of carboxylic acid groups (broad SMARTS) is 1. The van der Waals surface area contributed by atoms with E-state index in [9.17, 15) is 14.3 Å². The topological polar surface area (TPSA) is 63.3 Å². The van der Waals surface area contributed by atoms with Gasteiger partial charge in [-0.2, -0.15) is 0 Å². The van der Waals surface area contributed by atoms with Gasteiger partial charge in [-0.3, -0.25) is 0 Å². The van der Waals surface area contributed by atoms with Gasteiger partial charge in [0, 0.05) is 5.56 Å². The summed E-state index contributed by atoms with van der Waals surface area (Å²) in [5.41, 5.74) is 1.19. The number of oxazole rings is 1. The molecule has 0 saturated carbocycles. The van der Waals surface area contributed by atoms with Gasteiger partial charge in [-0.05, 0) is 36.4 Å². The molecule has 0 aliphatic carbocycles. The first kappa shape index (κ1) is 13.1. The molecule has 0 radical (unpaired) electrons. The van der Waals surface area contributed by atoms with Crippen molar-refractivity contribution in [1.29, 1.82) is 0 Å². The van der Waals surface area contributed by atoms with Crippen molar-refractivity contribution >= 4 is 5.97 Å². The summed E-state index contributed by atoms with van der Waals surface area (Å²) in [7, 11) is 0. The van der Waals surface area contributed by atoms with Crippen molar-refractivity contribution < 1.29 is 18.7 Å². The SMILES string of the molecule is O=C(O)c1ccccc1-c1ncc(-c2ccc(F)cc2)o1. The lowest BCUT2D eigenvalue weighted by molar-refractivity contribution is 0.0697. The standard InChI is InChI=1S/C16H10FNO3/c17-11-7-5-10(6-8-11)14-9-18-15(21-14)12-3-1-2-4-13(12)16(19)20/h1-9H,(H,19,20). The van der Waals surface area contributed by atoms with Gasteiger partial charge in [-0.15, -0.1) is 0 Å². The van der Waals surface area contributed by atoms with Crippen LogP contribution in [0.4, 0.5) is 4.39 Å². The Morgan fingerprint density at radius 3 is 2.52 bits per heavy atom. The van der Waals surface area contributed by atoms with Crippen LogP contribution >= 0.6 is 0 Å². The van der Waals surface area contributed by atoms with E-state index in [2.05, 4.69) is 4.98 Å². The molecule has 0 atom stereocenters. The fourth-order valence-electron chi connectivity index (χ4n) is 2.00. The summed E-state index contributed by atoms with van der Waals surface area (Å²) in [5, 5.41) is 9.17. The molecule has 5 heteroatoms. The molecule has 0 saturated heterocycles. The Bertz CT molecular complexity index is 793. The zero-order valence-corrected chi connectivity index (χ0v) is 10.8. The van der Waals surface area contributed by atoms with Crippen LogP contribution in [0.25, 0.3) is 22.8 Å². The van der Waals surface area contributed by atoms with E-state index in [1.807, 2.05) is 0 Å². The number of rotatable bonds is 3. The average Bonchev–Trinajstić information content (AvgIpc) is 2.97. The van der Waals surface area contributed by atoms with Crippen molar-refractivity contribution in [2.45, 2.75) is 0 Å². The van der Waals surface area contributed by atoms with Gasteiger partial charge >= 0.3 is 5.97 Å². The van der Waals surface area contributed by atoms with Crippen LogP contribution in [0.5, 0.6) is 0 Å². The van der Waals surface area contributed by atoms with E-state index in [0.717, 1.165) is 0 Å². The molecule has 0 spiro atoms. The van der Waals surface area contributed by atoms with Crippen molar-refractivity contribution in [3.63, 3.8) is 0 Å². The van der Waals surface area contributed by atoms with E-state index in [1.165, 1.54) is 24.4 Å². The number of benzene rings is 2. The van der Waals surface area contributed by atoms with Crippen LogP contribution in [-0.2, 0) is 0 Å². The van der Waals surface area contributed by atoms with Crippen LogP contribution in [0.1, 0.15) is 10.4 Å². The maximum Gasteiger partial charge on any atom is 0.336 e. The summed E-state index contributed by atoms with van der Waals surface area (Å²) >= 11 is 0. The van der Waals surface area contributed by atoms with Gasteiger partial charge in [0.25, 0.3) is 0 Å². The number of nitrogens with zero attached hydrogens (tertiary/aromatic N) is 1. The maximum absolute atomic E-state index is 12.9. The fourth-order valence-corrected chi connectivity index (χ4v) is 2.00. The molecule has 3 rings (SSSR count). The van der Waals surface area contributed by atoms with Gasteiger partial charge in [-0.25, -0.2) is 14.2 Å². The highest BCUT2D eigenvalue weighted by atomic mass is 19.1. The van der Waals surface area contributed by atoms with Crippen molar-refractivity contribution in [3.05, 3.63) is 66.1 Å². The minimum atomic E-state index is -1.05. The molecule has 0 bridgehead atoms. The Labute approximate surface area is 119 Å². The Morgan fingerprint density at radius 2 is 1.81 bits per heavy atom. The van der Waals surface area contributed by atoms with Crippen molar-refractivity contribution in [2.24, 2.45) is 0 Å². The minimum Gasteiger partial charge on any atom is -0.478 e. The van der Waals surface area contributed by atoms with Gasteiger partial charge in [0.1, 0.15) is 5.82 Å². The third-order valence-electron chi connectivity index (χ3n) is 3.02. The molecule has 0 amide bonds. The van der Waals surface area contributed by atoms with Crippen LogP contribution in [0.2, 0.25) is 0 Å². The Morgan fingerprint density at radius 1 is 1.10 bits per heavy atom. The number of carbonyl (C=O) groups is 1. The Hall–Kier alpha value is -2.95. The molecule has 1 aromatic heterocycles. The molecule has 0 aliphatic heterocycles. The van der Waals surface area contributed by atoms with Gasteiger partial charge in [0.2, 0.25) is 5.89 Å². The third kappa shape index (κ3) is 2.53. The Balaban J connectivity index is 2.03. The van der Waals surface area contributed by atoms with Gasteiger partial charge in [0.05, 0.1) is 17.3 Å². The first-order valence-electron chi connectivity index (χ1n) is 6.19. The second-order valence-electron chi connectivity index (χ2n) is 4.39. The Kier molecular flexibility index (Phi) is 3.23. The summed E-state index contributed by atoms with van der Waals surface area (Å²) in [5.74, 6) is -0.723. The van der Waals surface area contributed by atoms with Crippen LogP contribution in [0.3, 0.4) is 0 Å². The molecule has 104 valence electrons. The van der Waals surface area contributed by atoms with Crippen molar-refractivity contribution in [3.8, 4) is 22.8 Å². The molecular weight excluding hydrogens is 273 g/mol. The lowest BCUT2D eigenvalue weighted by Crippen LogP contribution is -1.98. The molecule has 0 unspecified atom stereocenters. The second-order valence-corrected chi connectivity index (χ2v) is 4.39. The van der Waals surface area contributed by atoms with E-state index in [1.54, 1.807) is 30.3 Å². The fraction of sp³-hybridized carbons (Fsp3) is 0. The molecule has 0 aliphatic rings. The first-order chi connectivity index (χ1) is 10.1. The van der Waals surface area contributed by atoms with E-state index >= 15 is 0 Å². The molecule has 3 aromatic rings. The molecule has 1 heterocycles. The molecule has 4 nitrogen and oxygen atoms in total. The summed E-state index contributed by atoms with van der Waals surface area (Å²) in [6.45, 7) is 0. The van der Waals surface area contributed by atoms with Gasteiger partial charge in [-0.1, -0.05) is 12.1 Å². The smallest absolute Gasteiger partial charge is 0.336 e. The van der Waals surface area contributed by atoms with E-state index in [-0.39, 0.29) is 17.3 Å². The molecule has 0 fully saturated rings. The third-order valence-corrected chi connectivity index (χ3v) is 3.02. The number of hydrogen-bond acceptors (Lipinski definition) is 3. The largest absolute Gasteiger partial charge is 0.478 e. The number of aromatic carboxylic acids is 1. The minimum absolute atomic E-state index is 0.116. The summed E-state index contributed by atoms with van der Waals surface area (Å²) in [6, 6.07) is 12.3. The van der Waals surface area contributed by atoms with Crippen molar-refractivity contribution in [2.75, 3.05) is 0 Å². The first-order valence-corrected chi connectivity index (χ1v) is 6.19. The molecular formula is C16H10FNO3. The predicted octanol–water partition coefficient (Wildman–Crippen LogP) is 3.85. The number of aromatic nitrogens is 1. The zero-order valence-electron chi connectivity index (χ0n) is 10.8. The quantitative estimate of drug-likeness (QED) is 0.793. The highest BCUT2D eigenvalue weighted by molar-refractivity contribution is 5.94. The zero-order chi connectivity index (χ0) is 14.8.